The molecular formula is C56H33NOS2. The Morgan fingerprint density at radius 3 is 1.73 bits per heavy atom. The van der Waals surface area contributed by atoms with Crippen molar-refractivity contribution in [2.45, 2.75) is 0 Å². The minimum atomic E-state index is 0.925. The fourth-order valence-electron chi connectivity index (χ4n) is 9.50. The van der Waals surface area contributed by atoms with E-state index in [9.17, 15) is 0 Å². The number of thiophene rings is 2. The van der Waals surface area contributed by atoms with Crippen molar-refractivity contribution in [2.24, 2.45) is 0 Å². The van der Waals surface area contributed by atoms with Crippen LogP contribution in [0.15, 0.2) is 205 Å². The minimum absolute atomic E-state index is 0.925. The quantitative estimate of drug-likeness (QED) is 0.161. The van der Waals surface area contributed by atoms with E-state index in [1.807, 2.05) is 28.7 Å². The normalized spacial score (nSPS) is 12.0. The van der Waals surface area contributed by atoms with Crippen LogP contribution in [0.25, 0.3) is 106 Å². The Hall–Kier alpha value is -7.24. The smallest absolute Gasteiger partial charge is 0.144 e. The molecule has 0 spiro atoms. The molecule has 0 aliphatic heterocycles. The van der Waals surface area contributed by atoms with E-state index in [-0.39, 0.29) is 0 Å². The van der Waals surface area contributed by atoms with Crippen molar-refractivity contribution in [2.75, 3.05) is 4.90 Å². The van der Waals surface area contributed by atoms with Gasteiger partial charge in [0.05, 0.1) is 0 Å². The fraction of sp³-hybridized carbons (Fsp3) is 0. The average molecular weight is 800 g/mol. The zero-order valence-corrected chi connectivity index (χ0v) is 33.9. The van der Waals surface area contributed by atoms with E-state index in [4.69, 9.17) is 4.42 Å². The van der Waals surface area contributed by atoms with Gasteiger partial charge in [-0.15, -0.1) is 22.7 Å². The number of furan rings is 1. The van der Waals surface area contributed by atoms with Crippen LogP contribution in [-0.4, -0.2) is 0 Å². The summed E-state index contributed by atoms with van der Waals surface area (Å²) >= 11 is 3.69. The fourth-order valence-corrected chi connectivity index (χ4v) is 11.8. The summed E-state index contributed by atoms with van der Waals surface area (Å²) in [6.45, 7) is 0. The van der Waals surface area contributed by atoms with E-state index in [1.54, 1.807) is 0 Å². The summed E-state index contributed by atoms with van der Waals surface area (Å²) in [7, 11) is 0. The third-order valence-corrected chi connectivity index (χ3v) is 14.5. The molecule has 3 aromatic heterocycles. The Labute approximate surface area is 353 Å². The van der Waals surface area contributed by atoms with Crippen molar-refractivity contribution in [3.8, 4) is 22.3 Å². The van der Waals surface area contributed by atoms with Gasteiger partial charge in [-0.05, 0) is 117 Å². The second-order valence-electron chi connectivity index (χ2n) is 15.6. The van der Waals surface area contributed by atoms with Crippen molar-refractivity contribution in [1.29, 1.82) is 0 Å². The van der Waals surface area contributed by atoms with Gasteiger partial charge < -0.3 is 9.32 Å². The van der Waals surface area contributed by atoms with Gasteiger partial charge in [-0.3, -0.25) is 0 Å². The SMILES string of the molecule is c1ccc2c(c1)cc(-c1ccc(N(c3ccc(-c4cccc5sc6ccc7c8ccccc8oc7c6c45)cc3)c3ccc4c(c3)sc3ccccc34)cc1)c1ccccc12. The summed E-state index contributed by atoms with van der Waals surface area (Å²) < 4.78 is 11.7. The van der Waals surface area contributed by atoms with Gasteiger partial charge in [0.1, 0.15) is 11.2 Å². The van der Waals surface area contributed by atoms with Crippen molar-refractivity contribution in [1.82, 2.24) is 0 Å². The second kappa shape index (κ2) is 13.1. The molecule has 4 heteroatoms. The number of nitrogens with zero attached hydrogens (tertiary/aromatic N) is 1. The van der Waals surface area contributed by atoms with Crippen LogP contribution >= 0.6 is 22.7 Å². The largest absolute Gasteiger partial charge is 0.455 e. The van der Waals surface area contributed by atoms with Crippen LogP contribution in [0.4, 0.5) is 17.1 Å². The summed E-state index contributed by atoms with van der Waals surface area (Å²) in [4.78, 5) is 2.40. The number of para-hydroxylation sites is 1. The highest BCUT2D eigenvalue weighted by atomic mass is 32.1. The lowest BCUT2D eigenvalue weighted by Gasteiger charge is -2.26. The van der Waals surface area contributed by atoms with E-state index >= 15 is 0 Å². The lowest BCUT2D eigenvalue weighted by molar-refractivity contribution is 0.673. The first-order chi connectivity index (χ1) is 29.7. The predicted molar refractivity (Wildman–Crippen MR) is 260 cm³/mol. The molecule has 0 unspecified atom stereocenters. The molecule has 13 rings (SSSR count). The molecule has 2 nitrogen and oxygen atoms in total. The van der Waals surface area contributed by atoms with Gasteiger partial charge in [0.25, 0.3) is 0 Å². The molecule has 0 radical (unpaired) electrons. The molecule has 0 N–H and O–H groups in total. The third-order valence-electron chi connectivity index (χ3n) is 12.3. The Balaban J connectivity index is 0.958. The summed E-state index contributed by atoms with van der Waals surface area (Å²) in [6.07, 6.45) is 0. The molecule has 0 saturated heterocycles. The molecule has 0 atom stereocenters. The molecule has 3 heterocycles. The van der Waals surface area contributed by atoms with Crippen molar-refractivity contribution < 1.29 is 4.42 Å². The standard InChI is InChI=1S/C56H33NOS2/c1-2-11-40-36(10-1)32-48(43-13-4-3-12-42(40)43)35-22-26-38(27-23-35)57(39-28-29-46-45-15-6-8-18-50(45)59-53(46)33-39)37-24-20-34(21-25-37)41-16-9-19-51-54(41)55-52(60-51)31-30-47-44-14-5-7-17-49(44)58-56(47)55/h1-33H. The number of rotatable bonds is 5. The number of fused-ring (bicyclic) bond motifs is 13. The molecule has 0 fully saturated rings. The molecule has 0 bridgehead atoms. The highest BCUT2D eigenvalue weighted by Crippen LogP contribution is 2.47. The van der Waals surface area contributed by atoms with Gasteiger partial charge in [0.2, 0.25) is 0 Å². The van der Waals surface area contributed by atoms with Crippen LogP contribution in [0.1, 0.15) is 0 Å². The molecule has 280 valence electrons. The summed E-state index contributed by atoms with van der Waals surface area (Å²) in [5.74, 6) is 0. The summed E-state index contributed by atoms with van der Waals surface area (Å²) in [5.41, 5.74) is 10.1. The first-order valence-corrected chi connectivity index (χ1v) is 22.0. The Bertz CT molecular complexity index is 3830. The zero-order chi connectivity index (χ0) is 39.3. The molecule has 10 aromatic carbocycles. The highest BCUT2D eigenvalue weighted by molar-refractivity contribution is 7.26. The van der Waals surface area contributed by atoms with Crippen LogP contribution in [-0.2, 0) is 0 Å². The molecule has 13 aromatic rings. The molecule has 0 aliphatic rings. The van der Waals surface area contributed by atoms with Gasteiger partial charge in [0.15, 0.2) is 0 Å². The van der Waals surface area contributed by atoms with Crippen molar-refractivity contribution >= 4 is 124 Å². The minimum Gasteiger partial charge on any atom is -0.455 e. The molecule has 0 aliphatic carbocycles. The molecular weight excluding hydrogens is 767 g/mol. The van der Waals surface area contributed by atoms with E-state index in [0.29, 0.717) is 0 Å². The monoisotopic (exact) mass is 799 g/mol. The topological polar surface area (TPSA) is 16.4 Å². The second-order valence-corrected chi connectivity index (χ2v) is 17.8. The average Bonchev–Trinajstić information content (AvgIpc) is 4.00. The van der Waals surface area contributed by atoms with E-state index in [0.717, 1.165) is 39.0 Å². The van der Waals surface area contributed by atoms with Crippen molar-refractivity contribution in [3.63, 3.8) is 0 Å². The van der Waals surface area contributed by atoms with Gasteiger partial charge in [-0.25, -0.2) is 0 Å². The van der Waals surface area contributed by atoms with Gasteiger partial charge in [0, 0.05) is 68.2 Å². The van der Waals surface area contributed by atoms with Crippen molar-refractivity contribution in [3.05, 3.63) is 200 Å². The van der Waals surface area contributed by atoms with Gasteiger partial charge in [-0.1, -0.05) is 127 Å². The van der Waals surface area contributed by atoms with E-state index < -0.39 is 0 Å². The predicted octanol–water partition coefficient (Wildman–Crippen LogP) is 17.4. The molecule has 0 saturated carbocycles. The van der Waals surface area contributed by atoms with Crippen LogP contribution < -0.4 is 4.90 Å². The lowest BCUT2D eigenvalue weighted by atomic mass is 9.93. The Kier molecular flexibility index (Phi) is 7.38. The number of hydrogen-bond acceptors (Lipinski definition) is 4. The first kappa shape index (κ1) is 33.7. The van der Waals surface area contributed by atoms with E-state index in [1.165, 1.54) is 84.1 Å². The Morgan fingerprint density at radius 2 is 0.917 bits per heavy atom. The van der Waals surface area contributed by atoms with Gasteiger partial charge in [-0.2, -0.15) is 0 Å². The van der Waals surface area contributed by atoms with Crippen LogP contribution in [0.2, 0.25) is 0 Å². The summed E-state index contributed by atoms with van der Waals surface area (Å²) in [6, 6.07) is 73.2. The third kappa shape index (κ3) is 5.11. The number of hydrogen-bond donors (Lipinski definition) is 0. The maximum Gasteiger partial charge on any atom is 0.144 e. The van der Waals surface area contributed by atoms with Gasteiger partial charge >= 0.3 is 0 Å². The highest BCUT2D eigenvalue weighted by Gasteiger charge is 2.20. The maximum absolute atomic E-state index is 6.60. The number of anilines is 3. The summed E-state index contributed by atoms with van der Waals surface area (Å²) in [5, 5.41) is 12.4. The Morgan fingerprint density at radius 1 is 0.333 bits per heavy atom. The number of benzene rings is 10. The zero-order valence-electron chi connectivity index (χ0n) is 32.2. The van der Waals surface area contributed by atoms with Crippen LogP contribution in [0.5, 0.6) is 0 Å². The molecule has 0 amide bonds. The van der Waals surface area contributed by atoms with Crippen LogP contribution in [0.3, 0.4) is 0 Å². The lowest BCUT2D eigenvalue weighted by Crippen LogP contribution is -2.09. The first-order valence-electron chi connectivity index (χ1n) is 20.3. The van der Waals surface area contributed by atoms with E-state index in [2.05, 4.69) is 199 Å². The maximum atomic E-state index is 6.60. The molecule has 60 heavy (non-hydrogen) atoms. The van der Waals surface area contributed by atoms with Crippen LogP contribution in [0, 0.1) is 0 Å².